The van der Waals surface area contributed by atoms with Crippen molar-refractivity contribution in [3.8, 4) is 0 Å². The largest absolute Gasteiger partial charge is 0.469 e. The number of benzene rings is 1. The van der Waals surface area contributed by atoms with Gasteiger partial charge in [-0.05, 0) is 12.1 Å². The van der Waals surface area contributed by atoms with Crippen molar-refractivity contribution < 1.29 is 23.5 Å². The Morgan fingerprint density at radius 1 is 1.33 bits per heavy atom. The average molecular weight is 371 g/mol. The van der Waals surface area contributed by atoms with Crippen LogP contribution in [0.15, 0.2) is 28.7 Å². The number of anilines is 1. The summed E-state index contributed by atoms with van der Waals surface area (Å²) in [6.07, 6.45) is 0.197. The van der Waals surface area contributed by atoms with E-state index in [9.17, 15) is 18.8 Å². The van der Waals surface area contributed by atoms with Gasteiger partial charge < -0.3 is 4.74 Å². The molecule has 0 unspecified atom stereocenters. The van der Waals surface area contributed by atoms with Gasteiger partial charge in [0.15, 0.2) is 0 Å². The van der Waals surface area contributed by atoms with Crippen LogP contribution in [0.3, 0.4) is 0 Å². The van der Waals surface area contributed by atoms with E-state index in [0.29, 0.717) is 5.75 Å². The van der Waals surface area contributed by atoms with Crippen LogP contribution in [0.1, 0.15) is 6.42 Å². The molecular formula is C14H14FN3O4S2. The van der Waals surface area contributed by atoms with Crippen LogP contribution in [0.25, 0.3) is 0 Å². The predicted molar refractivity (Wildman–Crippen MR) is 91.2 cm³/mol. The number of imide groups is 1. The number of carbonyl (C=O) groups is 3. The molecule has 3 amide bonds. The lowest BCUT2D eigenvalue weighted by molar-refractivity contribution is -0.140. The van der Waals surface area contributed by atoms with E-state index in [2.05, 4.69) is 9.13 Å². The molecule has 24 heavy (non-hydrogen) atoms. The third-order valence-electron chi connectivity index (χ3n) is 3.07. The van der Waals surface area contributed by atoms with E-state index in [1.54, 1.807) is 6.07 Å². The predicted octanol–water partition coefficient (Wildman–Crippen LogP) is 2.48. The zero-order chi connectivity index (χ0) is 17.7. The number of ether oxygens (including phenoxy) is 1. The molecule has 0 bridgehead atoms. The number of likely N-dealkylation sites (N-methyl/N-ethyl adjacent to an activating group) is 1. The molecule has 1 aliphatic heterocycles. The Balaban J connectivity index is 2.14. The zero-order valence-electron chi connectivity index (χ0n) is 12.9. The molecule has 128 valence electrons. The van der Waals surface area contributed by atoms with Gasteiger partial charge in [-0.1, -0.05) is 22.9 Å². The number of esters is 1. The second-order valence-corrected chi connectivity index (χ2v) is 6.70. The van der Waals surface area contributed by atoms with E-state index in [1.165, 1.54) is 43.2 Å². The number of rotatable bonds is 6. The molecule has 1 aromatic carbocycles. The van der Waals surface area contributed by atoms with Gasteiger partial charge in [0.25, 0.3) is 5.91 Å². The van der Waals surface area contributed by atoms with Crippen LogP contribution in [0.2, 0.25) is 0 Å². The molecule has 1 fully saturated rings. The molecule has 0 radical (unpaired) electrons. The van der Waals surface area contributed by atoms with Crippen LogP contribution < -0.4 is 4.90 Å². The number of carbonyl (C=O) groups excluding carboxylic acids is 3. The minimum absolute atomic E-state index is 0.0425. The molecule has 1 saturated heterocycles. The van der Waals surface area contributed by atoms with E-state index in [1.807, 2.05) is 0 Å². The summed E-state index contributed by atoms with van der Waals surface area (Å²) in [4.78, 5) is 37.2. The van der Waals surface area contributed by atoms with E-state index >= 15 is 0 Å². The summed E-state index contributed by atoms with van der Waals surface area (Å²) in [5, 5.41) is 0. The third-order valence-corrected chi connectivity index (χ3v) is 4.84. The highest BCUT2D eigenvalue weighted by molar-refractivity contribution is 8.76. The van der Waals surface area contributed by atoms with Crippen LogP contribution in [0, 0.1) is 5.82 Å². The van der Waals surface area contributed by atoms with Crippen LogP contribution in [0.5, 0.6) is 0 Å². The van der Waals surface area contributed by atoms with Gasteiger partial charge in [0.1, 0.15) is 5.82 Å². The first-order valence-electron chi connectivity index (χ1n) is 6.77. The molecule has 2 rings (SSSR count). The maximum atomic E-state index is 14.0. The number of amides is 3. The molecule has 0 spiro atoms. The number of hydrogen-bond acceptors (Lipinski definition) is 7. The maximum absolute atomic E-state index is 14.0. The van der Waals surface area contributed by atoms with Crippen LogP contribution in [-0.2, 0) is 14.3 Å². The number of halogens is 1. The highest BCUT2D eigenvalue weighted by atomic mass is 33.1. The molecule has 0 aliphatic carbocycles. The SMILES string of the molecule is COC(=O)CCSSN=C1C(=O)N(C)C(=O)N1c1ccccc1F. The lowest BCUT2D eigenvalue weighted by Crippen LogP contribution is -2.32. The maximum Gasteiger partial charge on any atom is 0.337 e. The summed E-state index contributed by atoms with van der Waals surface area (Å²) in [5.74, 6) is -1.36. The van der Waals surface area contributed by atoms with E-state index in [0.717, 1.165) is 20.8 Å². The lowest BCUT2D eigenvalue weighted by Gasteiger charge is -2.15. The molecule has 0 atom stereocenters. The Bertz CT molecular complexity index is 698. The topological polar surface area (TPSA) is 79.3 Å². The van der Waals surface area contributed by atoms with Crippen molar-refractivity contribution in [2.45, 2.75) is 6.42 Å². The minimum Gasteiger partial charge on any atom is -0.469 e. The Morgan fingerprint density at radius 3 is 2.71 bits per heavy atom. The lowest BCUT2D eigenvalue weighted by atomic mass is 10.3. The van der Waals surface area contributed by atoms with Gasteiger partial charge in [0.2, 0.25) is 5.84 Å². The zero-order valence-corrected chi connectivity index (χ0v) is 14.5. The van der Waals surface area contributed by atoms with Crippen molar-refractivity contribution in [1.29, 1.82) is 0 Å². The van der Waals surface area contributed by atoms with Crippen molar-refractivity contribution >= 4 is 51.2 Å². The van der Waals surface area contributed by atoms with Crippen LogP contribution in [0.4, 0.5) is 14.9 Å². The Labute approximate surface area is 145 Å². The normalized spacial score (nSPS) is 16.2. The quantitative estimate of drug-likeness (QED) is 0.251. The van der Waals surface area contributed by atoms with Gasteiger partial charge in [-0.25, -0.2) is 14.1 Å². The summed E-state index contributed by atoms with van der Waals surface area (Å²) >= 11 is 0. The number of amidine groups is 1. The molecule has 10 heteroatoms. The molecule has 1 heterocycles. The summed E-state index contributed by atoms with van der Waals surface area (Å²) in [7, 11) is 4.76. The standard InChI is InChI=1S/C14H14FN3O4S2/c1-17-13(20)12(16-24-23-8-7-11(19)22-2)18(14(17)21)10-6-4-3-5-9(10)15/h3-6H,7-8H2,1-2H3. The first-order valence-corrected chi connectivity index (χ1v) is 9.05. The molecule has 0 aromatic heterocycles. The molecule has 1 aromatic rings. The van der Waals surface area contributed by atoms with Crippen molar-refractivity contribution in [1.82, 2.24) is 4.90 Å². The van der Waals surface area contributed by atoms with Crippen LogP contribution in [-0.4, -0.2) is 48.6 Å². The van der Waals surface area contributed by atoms with Crippen molar-refractivity contribution in [2.75, 3.05) is 24.8 Å². The third kappa shape index (κ3) is 3.88. The molecule has 1 aliphatic rings. The number of methoxy groups -OCH3 is 1. The highest BCUT2D eigenvalue weighted by Gasteiger charge is 2.42. The molecular weight excluding hydrogens is 357 g/mol. The Morgan fingerprint density at radius 2 is 2.04 bits per heavy atom. The second kappa shape index (κ2) is 8.15. The summed E-state index contributed by atoms with van der Waals surface area (Å²) in [6.45, 7) is 0. The van der Waals surface area contributed by atoms with Crippen molar-refractivity contribution in [2.24, 2.45) is 4.40 Å². The first kappa shape index (κ1) is 18.3. The number of nitrogens with zero attached hydrogens (tertiary/aromatic N) is 3. The Kier molecular flexibility index (Phi) is 6.21. The van der Waals surface area contributed by atoms with E-state index in [-0.39, 0.29) is 23.9 Å². The average Bonchev–Trinajstić information content (AvgIpc) is 2.79. The number of hydrogen-bond donors (Lipinski definition) is 0. The van der Waals surface area contributed by atoms with Gasteiger partial charge in [-0.15, -0.1) is 0 Å². The fourth-order valence-electron chi connectivity index (χ4n) is 1.83. The van der Waals surface area contributed by atoms with Gasteiger partial charge in [0, 0.05) is 23.8 Å². The van der Waals surface area contributed by atoms with Crippen molar-refractivity contribution in [3.63, 3.8) is 0 Å². The fourth-order valence-corrected chi connectivity index (χ4v) is 3.28. The minimum atomic E-state index is -0.677. The van der Waals surface area contributed by atoms with E-state index < -0.39 is 17.8 Å². The monoisotopic (exact) mass is 371 g/mol. The van der Waals surface area contributed by atoms with Crippen LogP contribution >= 0.6 is 21.8 Å². The number of para-hydroxylation sites is 1. The first-order chi connectivity index (χ1) is 11.5. The Hall–Kier alpha value is -2.07. The van der Waals surface area contributed by atoms with Gasteiger partial charge >= 0.3 is 12.0 Å². The molecule has 7 nitrogen and oxygen atoms in total. The summed E-state index contributed by atoms with van der Waals surface area (Å²) in [6, 6.07) is 4.96. The molecule has 0 N–H and O–H groups in total. The summed E-state index contributed by atoms with van der Waals surface area (Å²) < 4.78 is 22.5. The van der Waals surface area contributed by atoms with Gasteiger partial charge in [0.05, 0.1) is 19.2 Å². The number of urea groups is 1. The second-order valence-electron chi connectivity index (χ2n) is 4.57. The van der Waals surface area contributed by atoms with Gasteiger partial charge in [-0.3, -0.25) is 14.5 Å². The summed E-state index contributed by atoms with van der Waals surface area (Å²) in [5.41, 5.74) is -0.0425. The fraction of sp³-hybridized carbons (Fsp3) is 0.286. The van der Waals surface area contributed by atoms with Gasteiger partial charge in [-0.2, -0.15) is 4.40 Å². The highest BCUT2D eigenvalue weighted by Crippen LogP contribution is 2.29. The molecule has 0 saturated carbocycles. The smallest absolute Gasteiger partial charge is 0.337 e. The van der Waals surface area contributed by atoms with Crippen molar-refractivity contribution in [3.05, 3.63) is 30.1 Å². The van der Waals surface area contributed by atoms with E-state index in [4.69, 9.17) is 0 Å².